The normalized spacial score (nSPS) is 17.4. The fourth-order valence-corrected chi connectivity index (χ4v) is 2.27. The van der Waals surface area contributed by atoms with Gasteiger partial charge in [-0.2, -0.15) is 0 Å². The number of hydrogen-bond donors (Lipinski definition) is 1. The fraction of sp³-hybridized carbons (Fsp3) is 1.00. The smallest absolute Gasteiger partial charge is 0.0488 e. The summed E-state index contributed by atoms with van der Waals surface area (Å²) in [5.74, 6) is 1.49. The lowest BCUT2D eigenvalue weighted by atomic mass is 9.92. The molecule has 15 heavy (non-hydrogen) atoms. The molecule has 0 rings (SSSR count). The van der Waals surface area contributed by atoms with Crippen molar-refractivity contribution in [1.82, 2.24) is 5.32 Å². The second-order valence-corrected chi connectivity index (χ2v) is 4.91. The third-order valence-electron chi connectivity index (χ3n) is 3.01. The largest absolute Gasteiger partial charge is 0.384 e. The van der Waals surface area contributed by atoms with Gasteiger partial charge in [0, 0.05) is 19.8 Å². The molecule has 0 radical (unpaired) electrons. The van der Waals surface area contributed by atoms with E-state index in [1.807, 2.05) is 0 Å². The van der Waals surface area contributed by atoms with E-state index >= 15 is 0 Å². The van der Waals surface area contributed by atoms with E-state index in [9.17, 15) is 0 Å². The van der Waals surface area contributed by atoms with Crippen LogP contribution in [0.1, 0.15) is 46.5 Å². The predicted molar refractivity (Wildman–Crippen MR) is 67.2 cm³/mol. The fourth-order valence-electron chi connectivity index (χ4n) is 2.27. The van der Waals surface area contributed by atoms with Crippen molar-refractivity contribution in [3.63, 3.8) is 0 Å². The monoisotopic (exact) mass is 215 g/mol. The van der Waals surface area contributed by atoms with Gasteiger partial charge in [0.15, 0.2) is 0 Å². The minimum atomic E-state index is 0.650. The minimum absolute atomic E-state index is 0.650. The summed E-state index contributed by atoms with van der Waals surface area (Å²) in [6.07, 6.45) is 5.15. The van der Waals surface area contributed by atoms with Crippen LogP contribution in [-0.4, -0.2) is 26.8 Å². The molecule has 92 valence electrons. The first-order chi connectivity index (χ1) is 7.13. The van der Waals surface area contributed by atoms with E-state index in [2.05, 4.69) is 33.1 Å². The summed E-state index contributed by atoms with van der Waals surface area (Å²) in [4.78, 5) is 0. The Morgan fingerprint density at radius 1 is 1.13 bits per heavy atom. The highest BCUT2D eigenvalue weighted by atomic mass is 16.5. The van der Waals surface area contributed by atoms with E-state index in [0.717, 1.165) is 12.5 Å². The van der Waals surface area contributed by atoms with Crippen LogP contribution in [0.4, 0.5) is 0 Å². The molecule has 3 unspecified atom stereocenters. The van der Waals surface area contributed by atoms with Crippen LogP contribution in [0.3, 0.4) is 0 Å². The predicted octanol–water partition coefficient (Wildman–Crippen LogP) is 3.07. The van der Waals surface area contributed by atoms with Gasteiger partial charge < -0.3 is 10.1 Å². The first-order valence-electron chi connectivity index (χ1n) is 6.30. The van der Waals surface area contributed by atoms with E-state index in [-0.39, 0.29) is 0 Å². The van der Waals surface area contributed by atoms with Gasteiger partial charge in [-0.1, -0.05) is 33.6 Å². The molecular formula is C13H29NO. The van der Waals surface area contributed by atoms with Gasteiger partial charge in [-0.25, -0.2) is 0 Å². The zero-order valence-corrected chi connectivity index (χ0v) is 11.2. The number of hydrogen-bond acceptors (Lipinski definition) is 2. The number of rotatable bonds is 9. The Labute approximate surface area is 95.8 Å². The summed E-state index contributed by atoms with van der Waals surface area (Å²) in [5, 5.41) is 3.43. The zero-order chi connectivity index (χ0) is 11.7. The topological polar surface area (TPSA) is 21.3 Å². The third-order valence-corrected chi connectivity index (χ3v) is 3.01. The van der Waals surface area contributed by atoms with Crippen molar-refractivity contribution in [2.75, 3.05) is 20.8 Å². The van der Waals surface area contributed by atoms with Gasteiger partial charge in [0.2, 0.25) is 0 Å². The third kappa shape index (κ3) is 7.80. The highest BCUT2D eigenvalue weighted by molar-refractivity contribution is 4.71. The van der Waals surface area contributed by atoms with Crippen LogP contribution >= 0.6 is 0 Å². The molecule has 0 saturated heterocycles. The van der Waals surface area contributed by atoms with Gasteiger partial charge in [0.25, 0.3) is 0 Å². The summed E-state index contributed by atoms with van der Waals surface area (Å²) < 4.78 is 5.17. The van der Waals surface area contributed by atoms with Crippen molar-refractivity contribution < 1.29 is 4.74 Å². The maximum Gasteiger partial charge on any atom is 0.0488 e. The molecule has 0 aliphatic heterocycles. The Bertz CT molecular complexity index is 124. The Kier molecular flexibility index (Phi) is 9.12. The molecule has 0 fully saturated rings. The van der Waals surface area contributed by atoms with E-state index in [1.54, 1.807) is 7.11 Å². The Morgan fingerprint density at radius 2 is 1.73 bits per heavy atom. The molecular weight excluding hydrogens is 186 g/mol. The molecule has 2 nitrogen and oxygen atoms in total. The van der Waals surface area contributed by atoms with Gasteiger partial charge in [0.1, 0.15) is 0 Å². The lowest BCUT2D eigenvalue weighted by molar-refractivity contribution is 0.147. The van der Waals surface area contributed by atoms with E-state index < -0.39 is 0 Å². The van der Waals surface area contributed by atoms with E-state index in [0.29, 0.717) is 12.0 Å². The maximum absolute atomic E-state index is 5.17. The second kappa shape index (κ2) is 9.17. The summed E-state index contributed by atoms with van der Waals surface area (Å²) in [6, 6.07) is 0.650. The minimum Gasteiger partial charge on any atom is -0.384 e. The molecule has 0 bridgehead atoms. The van der Waals surface area contributed by atoms with Gasteiger partial charge in [0.05, 0.1) is 0 Å². The molecule has 0 aromatic rings. The molecule has 0 aromatic heterocycles. The molecule has 0 amide bonds. The molecule has 0 saturated carbocycles. The first-order valence-corrected chi connectivity index (χ1v) is 6.30. The van der Waals surface area contributed by atoms with Crippen molar-refractivity contribution >= 4 is 0 Å². The average molecular weight is 215 g/mol. The summed E-state index contributed by atoms with van der Waals surface area (Å²) in [7, 11) is 3.85. The van der Waals surface area contributed by atoms with Crippen molar-refractivity contribution in [2.24, 2.45) is 11.8 Å². The molecule has 0 aromatic carbocycles. The lowest BCUT2D eigenvalue weighted by Gasteiger charge is -2.23. The van der Waals surface area contributed by atoms with Crippen molar-refractivity contribution in [2.45, 2.75) is 52.5 Å². The summed E-state index contributed by atoms with van der Waals surface area (Å²) in [6.45, 7) is 7.76. The van der Waals surface area contributed by atoms with Crippen molar-refractivity contribution in [3.8, 4) is 0 Å². The Morgan fingerprint density at radius 3 is 2.20 bits per heavy atom. The molecule has 0 heterocycles. The molecule has 0 spiro atoms. The highest BCUT2D eigenvalue weighted by Gasteiger charge is 2.14. The molecule has 0 aliphatic carbocycles. The first kappa shape index (κ1) is 14.9. The van der Waals surface area contributed by atoms with Crippen LogP contribution in [0.2, 0.25) is 0 Å². The SMILES string of the molecule is CCCC(C)CC(CC(C)COC)NC. The van der Waals surface area contributed by atoms with Crippen molar-refractivity contribution in [3.05, 3.63) is 0 Å². The van der Waals surface area contributed by atoms with Crippen LogP contribution < -0.4 is 5.32 Å². The van der Waals surface area contributed by atoms with Crippen molar-refractivity contribution in [1.29, 1.82) is 0 Å². The van der Waals surface area contributed by atoms with E-state index in [1.165, 1.54) is 25.7 Å². The molecule has 2 heteroatoms. The quantitative estimate of drug-likeness (QED) is 0.638. The summed E-state index contributed by atoms with van der Waals surface area (Å²) >= 11 is 0. The standard InChI is InChI=1S/C13H29NO/c1-6-7-11(2)8-13(14-4)9-12(3)10-15-5/h11-14H,6-10H2,1-5H3. The average Bonchev–Trinajstić information content (AvgIpc) is 2.17. The van der Waals surface area contributed by atoms with Gasteiger partial charge in [-0.3, -0.25) is 0 Å². The van der Waals surface area contributed by atoms with E-state index in [4.69, 9.17) is 4.74 Å². The maximum atomic E-state index is 5.17. The van der Waals surface area contributed by atoms with Gasteiger partial charge in [-0.15, -0.1) is 0 Å². The lowest BCUT2D eigenvalue weighted by Crippen LogP contribution is -2.30. The highest BCUT2D eigenvalue weighted by Crippen LogP contribution is 2.17. The van der Waals surface area contributed by atoms with Crippen LogP contribution in [0.15, 0.2) is 0 Å². The molecule has 1 N–H and O–H groups in total. The van der Waals surface area contributed by atoms with Crippen LogP contribution in [0.5, 0.6) is 0 Å². The van der Waals surface area contributed by atoms with Gasteiger partial charge in [-0.05, 0) is 31.7 Å². The number of ether oxygens (including phenoxy) is 1. The number of nitrogens with one attached hydrogen (secondary N) is 1. The Hall–Kier alpha value is -0.0800. The summed E-state index contributed by atoms with van der Waals surface area (Å²) in [5.41, 5.74) is 0. The van der Waals surface area contributed by atoms with Crippen LogP contribution in [0.25, 0.3) is 0 Å². The molecule has 3 atom stereocenters. The van der Waals surface area contributed by atoms with Crippen LogP contribution in [0, 0.1) is 11.8 Å². The van der Waals surface area contributed by atoms with Crippen LogP contribution in [-0.2, 0) is 4.74 Å². The number of methoxy groups -OCH3 is 1. The Balaban J connectivity index is 3.80. The zero-order valence-electron chi connectivity index (χ0n) is 11.2. The second-order valence-electron chi connectivity index (χ2n) is 4.91. The van der Waals surface area contributed by atoms with Gasteiger partial charge >= 0.3 is 0 Å². The molecule has 0 aliphatic rings.